The summed E-state index contributed by atoms with van der Waals surface area (Å²) in [6.45, 7) is 0.222. The van der Waals surface area contributed by atoms with E-state index in [1.54, 1.807) is 24.0 Å². The molecule has 110 valence electrons. The predicted octanol–water partition coefficient (Wildman–Crippen LogP) is 1.65. The zero-order valence-electron chi connectivity index (χ0n) is 11.4. The largest absolute Gasteiger partial charge is 0.337 e. The molecule has 0 bridgehead atoms. The Kier molecular flexibility index (Phi) is 4.18. The average molecular weight is 310 g/mol. The van der Waals surface area contributed by atoms with Gasteiger partial charge < -0.3 is 9.47 Å². The summed E-state index contributed by atoms with van der Waals surface area (Å²) in [6.07, 6.45) is 4.62. The Balaban J connectivity index is 2.30. The van der Waals surface area contributed by atoms with E-state index in [0.29, 0.717) is 5.82 Å². The number of pyridine rings is 1. The van der Waals surface area contributed by atoms with Crippen molar-refractivity contribution >= 4 is 23.2 Å². The SMILES string of the molecule is CN(Cc1nccn1C)C(=O)c1ccnc(Cl)c1[N+](=O)[O-]. The first-order valence-electron chi connectivity index (χ1n) is 5.92. The normalized spacial score (nSPS) is 10.4. The number of halogens is 1. The maximum Gasteiger partial charge on any atom is 0.319 e. The topological polar surface area (TPSA) is 94.2 Å². The third-order valence-corrected chi connectivity index (χ3v) is 3.22. The van der Waals surface area contributed by atoms with Crippen LogP contribution in [0, 0.1) is 10.1 Å². The highest BCUT2D eigenvalue weighted by molar-refractivity contribution is 6.32. The van der Waals surface area contributed by atoms with Crippen LogP contribution in [0.15, 0.2) is 24.7 Å². The zero-order chi connectivity index (χ0) is 15.6. The van der Waals surface area contributed by atoms with Gasteiger partial charge in [0.15, 0.2) is 0 Å². The van der Waals surface area contributed by atoms with Gasteiger partial charge >= 0.3 is 5.69 Å². The highest BCUT2D eigenvalue weighted by atomic mass is 35.5. The number of hydrogen-bond acceptors (Lipinski definition) is 5. The molecule has 0 saturated carbocycles. The van der Waals surface area contributed by atoms with Crippen LogP contribution in [0.5, 0.6) is 0 Å². The van der Waals surface area contributed by atoms with Gasteiger partial charge in [-0.3, -0.25) is 14.9 Å². The van der Waals surface area contributed by atoms with Crippen molar-refractivity contribution in [2.75, 3.05) is 7.05 Å². The highest BCUT2D eigenvalue weighted by Gasteiger charge is 2.27. The monoisotopic (exact) mass is 309 g/mol. The molecule has 2 rings (SSSR count). The van der Waals surface area contributed by atoms with Crippen LogP contribution in [0.1, 0.15) is 16.2 Å². The van der Waals surface area contributed by atoms with E-state index in [0.717, 1.165) is 0 Å². The number of amides is 1. The molecular formula is C12H12ClN5O3. The van der Waals surface area contributed by atoms with Crippen molar-refractivity contribution in [1.82, 2.24) is 19.4 Å². The molecule has 0 fully saturated rings. The summed E-state index contributed by atoms with van der Waals surface area (Å²) in [5, 5.41) is 10.7. The first kappa shape index (κ1) is 14.9. The Morgan fingerprint density at radius 1 is 1.48 bits per heavy atom. The van der Waals surface area contributed by atoms with Crippen molar-refractivity contribution in [2.45, 2.75) is 6.54 Å². The minimum Gasteiger partial charge on any atom is -0.337 e. The number of nitro groups is 1. The van der Waals surface area contributed by atoms with Crippen molar-refractivity contribution < 1.29 is 9.72 Å². The van der Waals surface area contributed by atoms with Crippen LogP contribution in [-0.2, 0) is 13.6 Å². The van der Waals surface area contributed by atoms with Crippen molar-refractivity contribution in [1.29, 1.82) is 0 Å². The molecule has 0 N–H and O–H groups in total. The first-order valence-corrected chi connectivity index (χ1v) is 6.30. The zero-order valence-corrected chi connectivity index (χ0v) is 12.1. The molecule has 0 saturated heterocycles. The van der Waals surface area contributed by atoms with E-state index < -0.39 is 16.5 Å². The van der Waals surface area contributed by atoms with Gasteiger partial charge in [0.1, 0.15) is 11.4 Å². The molecule has 1 amide bonds. The van der Waals surface area contributed by atoms with Crippen molar-refractivity contribution in [3.63, 3.8) is 0 Å². The van der Waals surface area contributed by atoms with Crippen LogP contribution >= 0.6 is 11.6 Å². The van der Waals surface area contributed by atoms with E-state index in [1.807, 2.05) is 0 Å². The third kappa shape index (κ3) is 3.00. The molecule has 9 heteroatoms. The number of hydrogen-bond donors (Lipinski definition) is 0. The number of rotatable bonds is 4. The van der Waals surface area contributed by atoms with E-state index in [4.69, 9.17) is 11.6 Å². The fourth-order valence-electron chi connectivity index (χ4n) is 1.81. The fourth-order valence-corrected chi connectivity index (χ4v) is 2.04. The molecule has 0 aliphatic carbocycles. The number of carbonyl (C=O) groups excluding carboxylic acids is 1. The molecule has 2 aromatic heterocycles. The Morgan fingerprint density at radius 2 is 2.19 bits per heavy atom. The van der Waals surface area contributed by atoms with Gasteiger partial charge in [-0.05, 0) is 6.07 Å². The van der Waals surface area contributed by atoms with Gasteiger partial charge in [0, 0.05) is 32.7 Å². The summed E-state index contributed by atoms with van der Waals surface area (Å²) in [6, 6.07) is 1.28. The molecule has 0 spiro atoms. The van der Waals surface area contributed by atoms with E-state index in [2.05, 4.69) is 9.97 Å². The maximum atomic E-state index is 12.4. The fraction of sp³-hybridized carbons (Fsp3) is 0.250. The van der Waals surface area contributed by atoms with Gasteiger partial charge in [-0.25, -0.2) is 9.97 Å². The molecule has 0 radical (unpaired) electrons. The summed E-state index contributed by atoms with van der Waals surface area (Å²) in [5.41, 5.74) is -0.590. The summed E-state index contributed by atoms with van der Waals surface area (Å²) in [4.78, 5) is 31.7. The number of carbonyl (C=O) groups is 1. The Labute approximate surface area is 125 Å². The lowest BCUT2D eigenvalue weighted by molar-refractivity contribution is -0.385. The lowest BCUT2D eigenvalue weighted by atomic mass is 10.2. The molecule has 0 aliphatic rings. The second-order valence-electron chi connectivity index (χ2n) is 4.37. The molecule has 0 aromatic carbocycles. The summed E-state index contributed by atoms with van der Waals surface area (Å²) in [5.74, 6) is 0.141. The van der Waals surface area contributed by atoms with Crippen LogP contribution in [-0.4, -0.2) is 37.3 Å². The lowest BCUT2D eigenvalue weighted by Gasteiger charge is -2.16. The number of nitrogens with zero attached hydrogens (tertiary/aromatic N) is 5. The van der Waals surface area contributed by atoms with Crippen molar-refractivity contribution in [2.24, 2.45) is 7.05 Å². The quantitative estimate of drug-likeness (QED) is 0.486. The van der Waals surface area contributed by atoms with Crippen LogP contribution in [0.2, 0.25) is 5.15 Å². The number of imidazole rings is 1. The molecule has 0 unspecified atom stereocenters. The second kappa shape index (κ2) is 5.88. The Morgan fingerprint density at radius 3 is 2.76 bits per heavy atom. The van der Waals surface area contributed by atoms with Gasteiger partial charge in [0.25, 0.3) is 5.91 Å². The summed E-state index contributed by atoms with van der Waals surface area (Å²) in [7, 11) is 3.33. The summed E-state index contributed by atoms with van der Waals surface area (Å²) >= 11 is 5.70. The minimum absolute atomic E-state index is 0.100. The van der Waals surface area contributed by atoms with E-state index in [1.165, 1.54) is 24.2 Å². The molecule has 8 nitrogen and oxygen atoms in total. The van der Waals surface area contributed by atoms with Crippen molar-refractivity contribution in [3.8, 4) is 0 Å². The van der Waals surface area contributed by atoms with E-state index >= 15 is 0 Å². The lowest BCUT2D eigenvalue weighted by Crippen LogP contribution is -2.28. The van der Waals surface area contributed by atoms with Gasteiger partial charge in [-0.15, -0.1) is 0 Å². The minimum atomic E-state index is -0.711. The third-order valence-electron chi connectivity index (χ3n) is 2.94. The number of aromatic nitrogens is 3. The van der Waals surface area contributed by atoms with Gasteiger partial charge in [-0.1, -0.05) is 11.6 Å². The average Bonchev–Trinajstić information content (AvgIpc) is 2.82. The van der Waals surface area contributed by atoms with Crippen LogP contribution in [0.25, 0.3) is 0 Å². The Hall–Kier alpha value is -2.48. The predicted molar refractivity (Wildman–Crippen MR) is 74.9 cm³/mol. The van der Waals surface area contributed by atoms with Gasteiger partial charge in [0.2, 0.25) is 5.15 Å². The molecule has 0 aliphatic heterocycles. The van der Waals surface area contributed by atoms with Gasteiger partial charge in [-0.2, -0.15) is 0 Å². The van der Waals surface area contributed by atoms with Crippen molar-refractivity contribution in [3.05, 3.63) is 51.3 Å². The smallest absolute Gasteiger partial charge is 0.319 e. The van der Waals surface area contributed by atoms with Gasteiger partial charge in [0.05, 0.1) is 11.5 Å². The highest BCUT2D eigenvalue weighted by Crippen LogP contribution is 2.27. The second-order valence-corrected chi connectivity index (χ2v) is 4.73. The maximum absolute atomic E-state index is 12.4. The van der Waals surface area contributed by atoms with Crippen LogP contribution in [0.3, 0.4) is 0 Å². The molecule has 2 aromatic rings. The van der Waals surface area contributed by atoms with Crippen LogP contribution < -0.4 is 0 Å². The Bertz CT molecular complexity index is 700. The number of aryl methyl sites for hydroxylation is 1. The molecule has 21 heavy (non-hydrogen) atoms. The van der Waals surface area contributed by atoms with E-state index in [-0.39, 0.29) is 17.3 Å². The standard InChI is InChI=1S/C12H12ClN5O3/c1-16-6-5-14-9(16)7-17(2)12(19)8-3-4-15-11(13)10(8)18(20)21/h3-6H,7H2,1-2H3. The molecule has 2 heterocycles. The molecular weight excluding hydrogens is 298 g/mol. The molecule has 0 atom stereocenters. The van der Waals surface area contributed by atoms with E-state index in [9.17, 15) is 14.9 Å². The summed E-state index contributed by atoms with van der Waals surface area (Å²) < 4.78 is 1.76. The van der Waals surface area contributed by atoms with Crippen LogP contribution in [0.4, 0.5) is 5.69 Å². The first-order chi connectivity index (χ1) is 9.91.